The van der Waals surface area contributed by atoms with Crippen LogP contribution in [0.4, 0.5) is 0 Å². The zero-order chi connectivity index (χ0) is 27.4. The summed E-state index contributed by atoms with van der Waals surface area (Å²) in [4.78, 5) is 16.3. The van der Waals surface area contributed by atoms with Crippen molar-refractivity contribution >= 4 is 41.9 Å². The minimum absolute atomic E-state index is 0.00325. The molecule has 0 aliphatic carbocycles. The summed E-state index contributed by atoms with van der Waals surface area (Å²) in [5.74, 6) is 0.172. The predicted molar refractivity (Wildman–Crippen MR) is 154 cm³/mol. The molecule has 3 rings (SSSR count). The summed E-state index contributed by atoms with van der Waals surface area (Å²) in [5, 5.41) is 0. The van der Waals surface area contributed by atoms with Crippen LogP contribution in [0.25, 0.3) is 0 Å². The number of piperazine rings is 1. The molecule has 1 amide bonds. The lowest BCUT2D eigenvalue weighted by atomic mass is 9.96. The quantitative estimate of drug-likeness (QED) is 0.233. The number of hydrogen-bond donors (Lipinski definition) is 1. The summed E-state index contributed by atoms with van der Waals surface area (Å²) in [6.07, 6.45) is -0.376. The molecule has 0 spiro atoms. The van der Waals surface area contributed by atoms with Crippen LogP contribution in [-0.4, -0.2) is 148 Å². The highest BCUT2D eigenvalue weighted by Crippen LogP contribution is 2.55. The molecule has 0 aromatic rings. The van der Waals surface area contributed by atoms with Crippen molar-refractivity contribution in [2.24, 2.45) is 0 Å². The normalized spacial score (nSPS) is 30.9. The van der Waals surface area contributed by atoms with Gasteiger partial charge in [0.2, 0.25) is 5.91 Å². The van der Waals surface area contributed by atoms with Gasteiger partial charge < -0.3 is 23.6 Å². The van der Waals surface area contributed by atoms with E-state index in [9.17, 15) is 9.36 Å². The lowest BCUT2D eigenvalue weighted by Gasteiger charge is -2.47. The lowest BCUT2D eigenvalue weighted by molar-refractivity contribution is -0.129. The fraction of sp³-hybridized carbons (Fsp3) is 0.957. The SMILES string of the molecule is BC1CN(C(C)C)CC(COP(=O)(N2CCN(C(=O)CS)CC2)N2CC(B)OC(COC(C)(C)C)C2)O1. The smallest absolute Gasteiger partial charge is 0.346 e. The summed E-state index contributed by atoms with van der Waals surface area (Å²) in [6, 6.07) is 0.373. The standard InChI is InChI=1S/C23H47B2N4O6PS/c1-17(2)27-10-18(34-20(24)12-27)15-33-36(31,28-8-6-26(7-9-28)22(30)16-37)29-11-19(35-21(25)13-29)14-32-23(3,4)5/h17-21,37H,6-16,24-25H2,1-5H3. The Morgan fingerprint density at radius 3 is 2.14 bits per heavy atom. The number of carbonyl (C=O) groups is 1. The number of thiol groups is 1. The van der Waals surface area contributed by atoms with Crippen molar-refractivity contribution in [2.75, 3.05) is 71.3 Å². The molecule has 5 unspecified atom stereocenters. The highest BCUT2D eigenvalue weighted by atomic mass is 32.1. The predicted octanol–water partition coefficient (Wildman–Crippen LogP) is -0.271. The van der Waals surface area contributed by atoms with Crippen LogP contribution < -0.4 is 0 Å². The molecule has 0 saturated carbocycles. The van der Waals surface area contributed by atoms with Crippen LogP contribution in [-0.2, 0) is 28.1 Å². The van der Waals surface area contributed by atoms with Gasteiger partial charge in [0.25, 0.3) is 0 Å². The second kappa shape index (κ2) is 13.5. The number of rotatable bonds is 9. The Bertz CT molecular complexity index is 802. The summed E-state index contributed by atoms with van der Waals surface area (Å²) >= 11 is 4.13. The third kappa shape index (κ3) is 8.95. The van der Waals surface area contributed by atoms with Crippen LogP contribution in [0.2, 0.25) is 0 Å². The maximum Gasteiger partial charge on any atom is 0.346 e. The molecule has 0 N–H and O–H groups in total. The monoisotopic (exact) mass is 560 g/mol. The van der Waals surface area contributed by atoms with Gasteiger partial charge in [0.15, 0.2) is 0 Å². The Labute approximate surface area is 230 Å². The van der Waals surface area contributed by atoms with E-state index in [0.29, 0.717) is 51.9 Å². The van der Waals surface area contributed by atoms with Gasteiger partial charge in [-0.05, 0) is 34.6 Å². The number of ether oxygens (including phenoxy) is 3. The molecule has 212 valence electrons. The first-order chi connectivity index (χ1) is 17.3. The van der Waals surface area contributed by atoms with Gasteiger partial charge in [-0.2, -0.15) is 12.6 Å². The first-order valence-electron chi connectivity index (χ1n) is 13.6. The number of morpholine rings is 2. The number of hydrogen-bond acceptors (Lipinski definition) is 8. The molecule has 37 heavy (non-hydrogen) atoms. The van der Waals surface area contributed by atoms with Crippen molar-refractivity contribution in [3.05, 3.63) is 0 Å². The minimum Gasteiger partial charge on any atom is -0.379 e. The molecule has 14 heteroatoms. The van der Waals surface area contributed by atoms with Gasteiger partial charge in [0.05, 0.1) is 36.8 Å². The van der Waals surface area contributed by atoms with Crippen molar-refractivity contribution in [1.29, 1.82) is 0 Å². The highest BCUT2D eigenvalue weighted by Gasteiger charge is 2.45. The number of carbonyl (C=O) groups excluding carboxylic acids is 1. The van der Waals surface area contributed by atoms with E-state index in [-0.39, 0.29) is 48.1 Å². The second-order valence-electron chi connectivity index (χ2n) is 11.8. The average Bonchev–Trinajstić information content (AvgIpc) is 2.84. The van der Waals surface area contributed by atoms with Gasteiger partial charge in [0.1, 0.15) is 15.7 Å². The Kier molecular flexibility index (Phi) is 11.5. The molecule has 3 aliphatic heterocycles. The summed E-state index contributed by atoms with van der Waals surface area (Å²) in [7, 11) is 0.639. The van der Waals surface area contributed by atoms with Crippen LogP contribution in [0.5, 0.6) is 0 Å². The highest BCUT2D eigenvalue weighted by molar-refractivity contribution is 7.81. The molecular formula is C23H47B2N4O6PS. The van der Waals surface area contributed by atoms with Gasteiger partial charge in [-0.25, -0.2) is 9.34 Å². The molecule has 0 bridgehead atoms. The van der Waals surface area contributed by atoms with Crippen molar-refractivity contribution < 1.29 is 28.1 Å². The molecule has 10 nitrogen and oxygen atoms in total. The van der Waals surface area contributed by atoms with Gasteiger partial charge in [-0.15, -0.1) is 0 Å². The van der Waals surface area contributed by atoms with Gasteiger partial charge in [-0.3, -0.25) is 14.3 Å². The lowest BCUT2D eigenvalue weighted by Crippen LogP contribution is -2.55. The Hall–Kier alpha value is -0.100. The van der Waals surface area contributed by atoms with Crippen molar-refractivity contribution in [3.63, 3.8) is 0 Å². The van der Waals surface area contributed by atoms with Crippen LogP contribution >= 0.6 is 20.3 Å². The van der Waals surface area contributed by atoms with E-state index in [2.05, 4.69) is 39.2 Å². The van der Waals surface area contributed by atoms with Crippen LogP contribution in [0.1, 0.15) is 34.6 Å². The van der Waals surface area contributed by atoms with Gasteiger partial charge in [-0.1, -0.05) is 0 Å². The third-order valence-electron chi connectivity index (χ3n) is 6.98. The van der Waals surface area contributed by atoms with E-state index in [1.807, 2.05) is 38.0 Å². The van der Waals surface area contributed by atoms with Crippen LogP contribution in [0.15, 0.2) is 0 Å². The topological polar surface area (TPSA) is 84.0 Å². The summed E-state index contributed by atoms with van der Waals surface area (Å²) in [5.41, 5.74) is -0.289. The molecule has 5 atom stereocenters. The largest absolute Gasteiger partial charge is 0.379 e. The van der Waals surface area contributed by atoms with E-state index in [1.165, 1.54) is 0 Å². The molecular weight excluding hydrogens is 513 g/mol. The first kappa shape index (κ1) is 31.4. The van der Waals surface area contributed by atoms with E-state index in [1.54, 1.807) is 4.90 Å². The number of amides is 1. The van der Waals surface area contributed by atoms with Crippen molar-refractivity contribution in [2.45, 2.75) is 70.5 Å². The summed E-state index contributed by atoms with van der Waals surface area (Å²) < 4.78 is 43.5. The van der Waals surface area contributed by atoms with Gasteiger partial charge >= 0.3 is 7.67 Å². The van der Waals surface area contributed by atoms with E-state index in [0.717, 1.165) is 13.1 Å². The zero-order valence-corrected chi connectivity index (χ0v) is 25.6. The maximum atomic E-state index is 14.8. The molecule has 0 aromatic heterocycles. The average molecular weight is 560 g/mol. The van der Waals surface area contributed by atoms with E-state index in [4.69, 9.17) is 18.7 Å². The van der Waals surface area contributed by atoms with Crippen LogP contribution in [0, 0.1) is 0 Å². The molecule has 0 radical (unpaired) electrons. The van der Waals surface area contributed by atoms with E-state index >= 15 is 0 Å². The second-order valence-corrected chi connectivity index (χ2v) is 14.4. The molecule has 3 aliphatic rings. The van der Waals surface area contributed by atoms with E-state index < -0.39 is 7.67 Å². The fourth-order valence-corrected chi connectivity index (χ4v) is 7.83. The summed E-state index contributed by atoms with van der Waals surface area (Å²) in [6.45, 7) is 15.6. The number of nitrogens with zero attached hydrogens (tertiary/aromatic N) is 4. The Morgan fingerprint density at radius 2 is 1.57 bits per heavy atom. The van der Waals surface area contributed by atoms with Crippen LogP contribution in [0.3, 0.4) is 0 Å². The van der Waals surface area contributed by atoms with Gasteiger partial charge in [0, 0.05) is 70.4 Å². The zero-order valence-electron chi connectivity index (χ0n) is 23.8. The molecule has 0 aromatic carbocycles. The molecule has 3 fully saturated rings. The fourth-order valence-electron chi connectivity index (χ4n) is 5.08. The maximum absolute atomic E-state index is 14.8. The first-order valence-corrected chi connectivity index (χ1v) is 15.8. The molecule has 3 heterocycles. The Balaban J connectivity index is 1.76. The molecule has 3 saturated heterocycles. The van der Waals surface area contributed by atoms with Crippen molar-refractivity contribution in [1.82, 2.24) is 19.1 Å². The minimum atomic E-state index is -3.43. The third-order valence-corrected chi connectivity index (χ3v) is 9.89. The van der Waals surface area contributed by atoms with Crippen molar-refractivity contribution in [3.8, 4) is 0 Å². The Morgan fingerprint density at radius 1 is 0.973 bits per heavy atom.